The summed E-state index contributed by atoms with van der Waals surface area (Å²) in [6.07, 6.45) is 8.86. The molecule has 2 unspecified atom stereocenters. The number of hydrogen-bond acceptors (Lipinski definition) is 2. The lowest BCUT2D eigenvalue weighted by molar-refractivity contribution is 0.799. The fourth-order valence-electron chi connectivity index (χ4n) is 7.06. The van der Waals surface area contributed by atoms with Gasteiger partial charge in [0.25, 0.3) is 0 Å². The first-order valence-electron chi connectivity index (χ1n) is 13.9. The summed E-state index contributed by atoms with van der Waals surface area (Å²) in [5, 5.41) is 8.94. The van der Waals surface area contributed by atoms with Gasteiger partial charge in [-0.25, -0.2) is 0 Å². The second-order valence-electron chi connectivity index (χ2n) is 10.8. The number of pyridine rings is 1. The molecule has 5 aromatic carbocycles. The maximum Gasteiger partial charge on any atom is 0.0645 e. The van der Waals surface area contributed by atoms with Gasteiger partial charge in [-0.3, -0.25) is 4.98 Å². The Morgan fingerprint density at radius 1 is 0.600 bits per heavy atom. The van der Waals surface area contributed by atoms with Crippen LogP contribution in [-0.4, -0.2) is 15.6 Å². The Balaban J connectivity index is 1.43. The molecule has 2 aromatic heterocycles. The van der Waals surface area contributed by atoms with Crippen LogP contribution in [0.15, 0.2) is 128 Å². The van der Waals surface area contributed by atoms with Crippen LogP contribution in [0.5, 0.6) is 0 Å². The van der Waals surface area contributed by atoms with Gasteiger partial charge in [-0.05, 0) is 75.6 Å². The molecule has 9 rings (SSSR count). The van der Waals surface area contributed by atoms with Crippen molar-refractivity contribution in [2.45, 2.75) is 12.0 Å². The Morgan fingerprint density at radius 2 is 1.35 bits per heavy atom. The van der Waals surface area contributed by atoms with Crippen LogP contribution in [0.25, 0.3) is 50.3 Å². The molecule has 2 atom stereocenters. The zero-order chi connectivity index (χ0) is 26.2. The highest BCUT2D eigenvalue weighted by atomic mass is 15.2. The van der Waals surface area contributed by atoms with E-state index in [1.807, 2.05) is 18.5 Å². The number of nitrogens with zero attached hydrogens (tertiary/aromatic N) is 3. The molecule has 0 N–H and O–H groups in total. The Labute approximate surface area is 231 Å². The molecule has 0 amide bonds. The molecule has 0 spiro atoms. The van der Waals surface area contributed by atoms with E-state index in [0.717, 1.165) is 5.69 Å². The van der Waals surface area contributed by atoms with Crippen molar-refractivity contribution in [3.8, 4) is 5.69 Å². The second kappa shape index (κ2) is 8.17. The lowest BCUT2D eigenvalue weighted by Crippen LogP contribution is -2.39. The summed E-state index contributed by atoms with van der Waals surface area (Å²) in [5.41, 5.74) is 6.22. The fourth-order valence-corrected chi connectivity index (χ4v) is 7.06. The van der Waals surface area contributed by atoms with Gasteiger partial charge < -0.3 is 9.47 Å². The highest BCUT2D eigenvalue weighted by molar-refractivity contribution is 6.01. The van der Waals surface area contributed by atoms with Crippen molar-refractivity contribution in [2.75, 3.05) is 4.90 Å². The maximum absolute atomic E-state index is 4.50. The lowest BCUT2D eigenvalue weighted by atomic mass is 9.87. The highest BCUT2D eigenvalue weighted by Crippen LogP contribution is 2.50. The van der Waals surface area contributed by atoms with Crippen molar-refractivity contribution in [3.05, 3.63) is 144 Å². The number of anilines is 2. The Kier molecular flexibility index (Phi) is 4.44. The van der Waals surface area contributed by atoms with Crippen molar-refractivity contribution in [1.29, 1.82) is 0 Å². The lowest BCUT2D eigenvalue weighted by Gasteiger charge is -2.28. The molecule has 0 saturated heterocycles. The number of aromatic nitrogens is 2. The van der Waals surface area contributed by atoms with Crippen LogP contribution < -0.4 is 15.5 Å². The van der Waals surface area contributed by atoms with Crippen LogP contribution in [-0.2, 0) is 0 Å². The largest absolute Gasteiger partial charge is 0.333 e. The van der Waals surface area contributed by atoms with Gasteiger partial charge in [-0.15, -0.1) is 0 Å². The molecular weight excluding hydrogens is 486 g/mol. The SMILES string of the molecule is C1=c2c(n(-c3cccnc3)c3cc4ccccc4cc23)=CC2c3c(ccc4ccccc34)N(c3ccccc3)C12. The van der Waals surface area contributed by atoms with Gasteiger partial charge in [0, 0.05) is 34.1 Å². The molecule has 0 radical (unpaired) electrons. The standard InChI is InChI=1S/C37H25N3/c1-2-12-27(13-3-1)39-33-17-16-24-9-6-7-15-29(24)37(33)32-22-35-31(21-36(32)39)30-19-25-10-4-5-11-26(25)20-34(30)40(35)28-14-8-18-38-23-28/h1-23,32,36H. The number of hydrogen-bond donors (Lipinski definition) is 0. The van der Waals surface area contributed by atoms with Crippen molar-refractivity contribution in [2.24, 2.45) is 0 Å². The van der Waals surface area contributed by atoms with E-state index in [4.69, 9.17) is 0 Å². The summed E-state index contributed by atoms with van der Waals surface area (Å²) in [5.74, 6) is 0.211. The molecule has 1 aliphatic carbocycles. The number of rotatable bonds is 2. The van der Waals surface area contributed by atoms with Crippen LogP contribution in [0.4, 0.5) is 11.4 Å². The van der Waals surface area contributed by atoms with E-state index in [0.29, 0.717) is 0 Å². The van der Waals surface area contributed by atoms with Gasteiger partial charge in [-0.2, -0.15) is 0 Å². The van der Waals surface area contributed by atoms with E-state index in [1.54, 1.807) is 0 Å². The molecule has 0 bridgehead atoms. The third-order valence-corrected chi connectivity index (χ3v) is 8.73. The fraction of sp³-hybridized carbons (Fsp3) is 0.0541. The minimum atomic E-state index is 0.176. The third kappa shape index (κ3) is 2.97. The molecule has 3 nitrogen and oxygen atoms in total. The van der Waals surface area contributed by atoms with Gasteiger partial charge in [0.05, 0.1) is 28.8 Å². The van der Waals surface area contributed by atoms with Gasteiger partial charge in [0.2, 0.25) is 0 Å². The third-order valence-electron chi connectivity index (χ3n) is 8.73. The molecule has 3 heteroatoms. The van der Waals surface area contributed by atoms with Gasteiger partial charge in [0.15, 0.2) is 0 Å². The molecule has 1 aliphatic heterocycles. The molecule has 2 aliphatic rings. The first kappa shape index (κ1) is 21.7. The number of benzene rings is 5. The van der Waals surface area contributed by atoms with Crippen molar-refractivity contribution in [3.63, 3.8) is 0 Å². The van der Waals surface area contributed by atoms with Crippen LogP contribution in [0.1, 0.15) is 11.5 Å². The summed E-state index contributed by atoms with van der Waals surface area (Å²) in [6.45, 7) is 0. The van der Waals surface area contributed by atoms with Crippen molar-refractivity contribution >= 4 is 56.0 Å². The predicted molar refractivity (Wildman–Crippen MR) is 166 cm³/mol. The zero-order valence-electron chi connectivity index (χ0n) is 21.8. The summed E-state index contributed by atoms with van der Waals surface area (Å²) in [4.78, 5) is 7.04. The molecule has 0 saturated carbocycles. The van der Waals surface area contributed by atoms with Crippen LogP contribution in [0.2, 0.25) is 0 Å². The van der Waals surface area contributed by atoms with E-state index in [9.17, 15) is 0 Å². The van der Waals surface area contributed by atoms with E-state index >= 15 is 0 Å². The number of para-hydroxylation sites is 1. The average Bonchev–Trinajstić information content (AvgIpc) is 3.51. The Morgan fingerprint density at radius 3 is 2.17 bits per heavy atom. The first-order valence-corrected chi connectivity index (χ1v) is 13.9. The molecular formula is C37H25N3. The van der Waals surface area contributed by atoms with Crippen molar-refractivity contribution < 1.29 is 0 Å². The normalized spacial score (nSPS) is 17.4. The number of fused-ring (bicyclic) bond motifs is 9. The van der Waals surface area contributed by atoms with E-state index in [1.165, 1.54) is 60.0 Å². The molecule has 3 heterocycles. The quantitative estimate of drug-likeness (QED) is 0.245. The summed E-state index contributed by atoms with van der Waals surface area (Å²) >= 11 is 0. The van der Waals surface area contributed by atoms with Gasteiger partial charge >= 0.3 is 0 Å². The summed E-state index contributed by atoms with van der Waals surface area (Å²) in [7, 11) is 0. The van der Waals surface area contributed by atoms with Crippen LogP contribution >= 0.6 is 0 Å². The molecule has 40 heavy (non-hydrogen) atoms. The monoisotopic (exact) mass is 511 g/mol. The van der Waals surface area contributed by atoms with Gasteiger partial charge in [-0.1, -0.05) is 78.9 Å². The Bertz CT molecular complexity index is 2230. The first-order chi connectivity index (χ1) is 19.8. The summed E-state index contributed by atoms with van der Waals surface area (Å²) < 4.78 is 2.41. The topological polar surface area (TPSA) is 21.1 Å². The van der Waals surface area contributed by atoms with Crippen LogP contribution in [0.3, 0.4) is 0 Å². The van der Waals surface area contributed by atoms with E-state index in [-0.39, 0.29) is 12.0 Å². The molecule has 0 fully saturated rings. The zero-order valence-corrected chi connectivity index (χ0v) is 21.8. The summed E-state index contributed by atoms with van der Waals surface area (Å²) in [6, 6.07) is 42.0. The highest BCUT2D eigenvalue weighted by Gasteiger charge is 2.40. The van der Waals surface area contributed by atoms with E-state index < -0.39 is 0 Å². The average molecular weight is 512 g/mol. The molecule has 188 valence electrons. The van der Waals surface area contributed by atoms with Gasteiger partial charge in [0.1, 0.15) is 0 Å². The minimum absolute atomic E-state index is 0.176. The smallest absolute Gasteiger partial charge is 0.0645 e. The minimum Gasteiger partial charge on any atom is -0.333 e. The maximum atomic E-state index is 4.50. The van der Waals surface area contributed by atoms with E-state index in [2.05, 4.69) is 136 Å². The predicted octanol–water partition coefficient (Wildman–Crippen LogP) is 7.21. The Hall–Kier alpha value is -5.15. The second-order valence-corrected chi connectivity index (χ2v) is 10.8. The molecule has 7 aromatic rings. The van der Waals surface area contributed by atoms with Crippen molar-refractivity contribution in [1.82, 2.24) is 9.55 Å². The van der Waals surface area contributed by atoms with Crippen LogP contribution in [0, 0.1) is 0 Å².